The molecule has 3 rings (SSSR count). The molecule has 0 bridgehead atoms. The third-order valence-electron chi connectivity index (χ3n) is 4.20. The summed E-state index contributed by atoms with van der Waals surface area (Å²) >= 11 is 0. The van der Waals surface area contributed by atoms with Crippen LogP contribution in [0.1, 0.15) is 12.0 Å². The van der Waals surface area contributed by atoms with Crippen molar-refractivity contribution in [1.82, 2.24) is 15.3 Å². The Labute approximate surface area is 165 Å². The fourth-order valence-electron chi connectivity index (χ4n) is 2.87. The van der Waals surface area contributed by atoms with Crippen LogP contribution in [-0.2, 0) is 0 Å². The van der Waals surface area contributed by atoms with Gasteiger partial charge in [-0.2, -0.15) is 0 Å². The van der Waals surface area contributed by atoms with Gasteiger partial charge >= 0.3 is 6.03 Å². The number of hydrogen-bond donors (Lipinski definition) is 4. The third kappa shape index (κ3) is 4.86. The molecule has 0 unspecified atom stereocenters. The molecule has 150 valence electrons. The predicted octanol–water partition coefficient (Wildman–Crippen LogP) is 2.76. The first-order valence-corrected chi connectivity index (χ1v) is 8.96. The summed E-state index contributed by atoms with van der Waals surface area (Å²) in [5.74, 6) is 0. The summed E-state index contributed by atoms with van der Waals surface area (Å²) in [6, 6.07) is 9.96. The highest BCUT2D eigenvalue weighted by Gasteiger charge is 2.17. The smallest absolute Gasteiger partial charge is 0.319 e. The molecule has 0 saturated carbocycles. The topological polar surface area (TPSA) is 142 Å². The van der Waals surface area contributed by atoms with Gasteiger partial charge < -0.3 is 20.9 Å². The molecule has 0 atom stereocenters. The van der Waals surface area contributed by atoms with Crippen molar-refractivity contribution in [3.05, 3.63) is 68.8 Å². The highest BCUT2D eigenvalue weighted by Crippen LogP contribution is 2.27. The van der Waals surface area contributed by atoms with Crippen LogP contribution in [0.3, 0.4) is 0 Å². The number of aryl methyl sites for hydroxylation is 1. The Morgan fingerprint density at radius 1 is 1.24 bits per heavy atom. The zero-order valence-corrected chi connectivity index (χ0v) is 15.7. The molecule has 10 nitrogen and oxygen atoms in total. The fourth-order valence-corrected chi connectivity index (χ4v) is 2.87. The SMILES string of the molecule is Cc1cccc(NC(=O)NCCCNc2ccc([N+](=O)[O-])c3nc[nH]c(=O)c23)c1. The maximum absolute atomic E-state index is 12.1. The summed E-state index contributed by atoms with van der Waals surface area (Å²) in [6.45, 7) is 2.80. The molecule has 0 aliphatic carbocycles. The molecule has 0 radical (unpaired) electrons. The Balaban J connectivity index is 1.55. The number of carbonyl (C=O) groups excluding carboxylic acids is 1. The first-order valence-electron chi connectivity index (χ1n) is 8.96. The molecule has 0 spiro atoms. The first-order chi connectivity index (χ1) is 14.0. The number of nitrogens with one attached hydrogen (secondary N) is 4. The van der Waals surface area contributed by atoms with Gasteiger partial charge in [0.1, 0.15) is 0 Å². The normalized spacial score (nSPS) is 10.5. The maximum atomic E-state index is 12.1. The third-order valence-corrected chi connectivity index (χ3v) is 4.20. The number of nitro groups is 1. The van der Waals surface area contributed by atoms with Crippen LogP contribution >= 0.6 is 0 Å². The van der Waals surface area contributed by atoms with E-state index in [9.17, 15) is 19.7 Å². The molecule has 2 amide bonds. The minimum atomic E-state index is -0.574. The molecule has 4 N–H and O–H groups in total. The summed E-state index contributed by atoms with van der Waals surface area (Å²) < 4.78 is 0. The summed E-state index contributed by atoms with van der Waals surface area (Å²) in [7, 11) is 0. The van der Waals surface area contributed by atoms with Crippen molar-refractivity contribution in [2.24, 2.45) is 0 Å². The molecule has 3 aromatic rings. The minimum absolute atomic E-state index is 0.0272. The number of benzene rings is 2. The Kier molecular flexibility index (Phi) is 6.03. The molecular formula is C19H20N6O4. The van der Waals surface area contributed by atoms with Crippen molar-refractivity contribution in [3.8, 4) is 0 Å². The van der Waals surface area contributed by atoms with Crippen LogP contribution in [0.2, 0.25) is 0 Å². The van der Waals surface area contributed by atoms with Crippen LogP contribution in [0.15, 0.2) is 47.5 Å². The van der Waals surface area contributed by atoms with Gasteiger partial charge in [-0.15, -0.1) is 0 Å². The highest BCUT2D eigenvalue weighted by molar-refractivity contribution is 5.96. The monoisotopic (exact) mass is 396 g/mol. The number of anilines is 2. The summed E-state index contributed by atoms with van der Waals surface area (Å²) in [6.07, 6.45) is 1.72. The van der Waals surface area contributed by atoms with E-state index in [4.69, 9.17) is 0 Å². The Morgan fingerprint density at radius 3 is 2.83 bits per heavy atom. The molecule has 1 aromatic heterocycles. The van der Waals surface area contributed by atoms with Crippen molar-refractivity contribution in [3.63, 3.8) is 0 Å². The highest BCUT2D eigenvalue weighted by atomic mass is 16.6. The zero-order valence-electron chi connectivity index (χ0n) is 15.7. The van der Waals surface area contributed by atoms with E-state index in [0.29, 0.717) is 30.9 Å². The molecular weight excluding hydrogens is 376 g/mol. The number of nitrogens with zero attached hydrogens (tertiary/aromatic N) is 2. The number of amides is 2. The number of H-pyrrole nitrogens is 1. The number of rotatable bonds is 7. The number of nitro benzene ring substituents is 1. The second-order valence-electron chi connectivity index (χ2n) is 6.38. The van der Waals surface area contributed by atoms with E-state index in [1.54, 1.807) is 6.07 Å². The molecule has 0 saturated heterocycles. The van der Waals surface area contributed by atoms with Crippen LogP contribution in [0.25, 0.3) is 10.9 Å². The molecule has 0 fully saturated rings. The van der Waals surface area contributed by atoms with Gasteiger partial charge in [-0.1, -0.05) is 12.1 Å². The Bertz CT molecular complexity index is 1110. The fraction of sp³-hybridized carbons (Fsp3) is 0.211. The van der Waals surface area contributed by atoms with Gasteiger partial charge in [-0.05, 0) is 37.1 Å². The molecule has 1 heterocycles. The van der Waals surface area contributed by atoms with Crippen LogP contribution < -0.4 is 21.5 Å². The van der Waals surface area contributed by atoms with Gasteiger partial charge in [0.25, 0.3) is 11.2 Å². The Morgan fingerprint density at radius 2 is 2.07 bits per heavy atom. The van der Waals surface area contributed by atoms with Crippen molar-refractivity contribution in [1.29, 1.82) is 0 Å². The quantitative estimate of drug-likeness (QED) is 0.275. The van der Waals surface area contributed by atoms with Crippen molar-refractivity contribution in [2.75, 3.05) is 23.7 Å². The number of carbonyl (C=O) groups is 1. The van der Waals surface area contributed by atoms with E-state index >= 15 is 0 Å². The average Bonchev–Trinajstić information content (AvgIpc) is 2.67. The number of aromatic nitrogens is 2. The van der Waals surface area contributed by atoms with E-state index in [1.807, 2.05) is 25.1 Å². The van der Waals surface area contributed by atoms with Gasteiger partial charge in [-0.3, -0.25) is 14.9 Å². The Hall–Kier alpha value is -3.95. The van der Waals surface area contributed by atoms with E-state index < -0.39 is 10.5 Å². The van der Waals surface area contributed by atoms with E-state index in [0.717, 1.165) is 11.9 Å². The van der Waals surface area contributed by atoms with Gasteiger partial charge in [-0.25, -0.2) is 9.78 Å². The molecule has 10 heteroatoms. The second kappa shape index (κ2) is 8.83. The standard InChI is InChI=1S/C19H20N6O4/c1-12-4-2-5-13(10-12)24-19(27)21-9-3-8-20-14-6-7-15(25(28)29)17-16(14)18(26)23-11-22-17/h2,4-7,10-11,20H,3,8-9H2,1H3,(H2,21,24,27)(H,22,23,26). The van der Waals surface area contributed by atoms with Crippen LogP contribution in [0, 0.1) is 17.0 Å². The predicted molar refractivity (Wildman–Crippen MR) is 110 cm³/mol. The number of non-ortho nitro benzene ring substituents is 1. The molecule has 0 aliphatic rings. The van der Waals surface area contributed by atoms with Gasteiger partial charge in [0.05, 0.1) is 16.6 Å². The van der Waals surface area contributed by atoms with Gasteiger partial charge in [0, 0.05) is 30.5 Å². The van der Waals surface area contributed by atoms with Gasteiger partial charge in [0.15, 0.2) is 5.52 Å². The van der Waals surface area contributed by atoms with Crippen LogP contribution in [0.5, 0.6) is 0 Å². The van der Waals surface area contributed by atoms with Crippen LogP contribution in [0.4, 0.5) is 21.9 Å². The summed E-state index contributed by atoms with van der Waals surface area (Å²) in [5.41, 5.74) is 1.54. The lowest BCUT2D eigenvalue weighted by molar-refractivity contribution is -0.383. The molecule has 0 aliphatic heterocycles. The summed E-state index contributed by atoms with van der Waals surface area (Å²) in [4.78, 5) is 41.0. The van der Waals surface area contributed by atoms with E-state index in [1.165, 1.54) is 12.1 Å². The molecule has 29 heavy (non-hydrogen) atoms. The van der Waals surface area contributed by atoms with E-state index in [2.05, 4.69) is 25.9 Å². The minimum Gasteiger partial charge on any atom is -0.384 e. The maximum Gasteiger partial charge on any atom is 0.319 e. The zero-order chi connectivity index (χ0) is 20.8. The number of urea groups is 1. The lowest BCUT2D eigenvalue weighted by Crippen LogP contribution is -2.30. The van der Waals surface area contributed by atoms with Crippen molar-refractivity contribution >= 4 is 34.0 Å². The lowest BCUT2D eigenvalue weighted by atomic mass is 10.1. The second-order valence-corrected chi connectivity index (χ2v) is 6.38. The lowest BCUT2D eigenvalue weighted by Gasteiger charge is -2.10. The van der Waals surface area contributed by atoms with E-state index in [-0.39, 0.29) is 22.6 Å². The molecule has 2 aromatic carbocycles. The average molecular weight is 396 g/mol. The summed E-state index contributed by atoms with van der Waals surface area (Å²) in [5, 5.41) is 19.8. The van der Waals surface area contributed by atoms with Gasteiger partial charge in [0.2, 0.25) is 0 Å². The number of hydrogen-bond acceptors (Lipinski definition) is 6. The number of fused-ring (bicyclic) bond motifs is 1. The largest absolute Gasteiger partial charge is 0.384 e. The number of aromatic amines is 1. The van der Waals surface area contributed by atoms with Crippen molar-refractivity contribution in [2.45, 2.75) is 13.3 Å². The first kappa shape index (κ1) is 19.8. The van der Waals surface area contributed by atoms with Crippen molar-refractivity contribution < 1.29 is 9.72 Å². The van der Waals surface area contributed by atoms with Crippen LogP contribution in [-0.4, -0.2) is 34.0 Å².